The van der Waals surface area contributed by atoms with Crippen LogP contribution in [0.5, 0.6) is 5.75 Å². The van der Waals surface area contributed by atoms with E-state index in [-0.39, 0.29) is 5.91 Å². The van der Waals surface area contributed by atoms with Gasteiger partial charge in [0.2, 0.25) is 0 Å². The Morgan fingerprint density at radius 3 is 2.27 bits per heavy atom. The number of rotatable bonds is 8. The van der Waals surface area contributed by atoms with Gasteiger partial charge in [0, 0.05) is 17.8 Å². The summed E-state index contributed by atoms with van der Waals surface area (Å²) in [6, 6.07) is 25.8. The molecule has 1 aliphatic heterocycles. The number of anilines is 1. The summed E-state index contributed by atoms with van der Waals surface area (Å²) in [5.74, 6) is 0.698. The monoisotopic (exact) mass is 440 g/mol. The van der Waals surface area contributed by atoms with Gasteiger partial charge in [-0.25, -0.2) is 0 Å². The van der Waals surface area contributed by atoms with Gasteiger partial charge >= 0.3 is 0 Å². The van der Waals surface area contributed by atoms with Gasteiger partial charge in [-0.15, -0.1) is 0 Å². The third-order valence-corrected chi connectivity index (χ3v) is 5.90. The molecule has 1 aliphatic rings. The van der Waals surface area contributed by atoms with Gasteiger partial charge < -0.3 is 10.1 Å². The van der Waals surface area contributed by atoms with E-state index in [0.29, 0.717) is 12.2 Å². The first-order valence-electron chi connectivity index (χ1n) is 11.8. The number of likely N-dealkylation sites (tertiary alicyclic amines) is 1. The van der Waals surface area contributed by atoms with Crippen LogP contribution in [0.3, 0.4) is 0 Å². The fourth-order valence-corrected chi connectivity index (χ4v) is 4.16. The summed E-state index contributed by atoms with van der Waals surface area (Å²) in [5.41, 5.74) is 4.53. The van der Waals surface area contributed by atoms with Crippen molar-refractivity contribution in [3.8, 4) is 5.75 Å². The summed E-state index contributed by atoms with van der Waals surface area (Å²) in [7, 11) is 0. The van der Waals surface area contributed by atoms with Crippen molar-refractivity contribution in [2.45, 2.75) is 32.7 Å². The number of carbonyl (C=O) groups excluding carboxylic acids is 1. The summed E-state index contributed by atoms with van der Waals surface area (Å²) < 4.78 is 5.53. The van der Waals surface area contributed by atoms with E-state index in [1.54, 1.807) is 0 Å². The number of piperidine rings is 1. The lowest BCUT2D eigenvalue weighted by Crippen LogP contribution is -2.29. The molecule has 0 aliphatic carbocycles. The highest BCUT2D eigenvalue weighted by Gasteiger charge is 2.14. The van der Waals surface area contributed by atoms with E-state index in [0.717, 1.165) is 29.1 Å². The van der Waals surface area contributed by atoms with Crippen LogP contribution >= 0.6 is 0 Å². The summed E-state index contributed by atoms with van der Waals surface area (Å²) >= 11 is 0. The van der Waals surface area contributed by atoms with Crippen LogP contribution in [0.25, 0.3) is 11.6 Å². The number of carbonyl (C=O) groups is 1. The molecule has 0 radical (unpaired) electrons. The fourth-order valence-electron chi connectivity index (χ4n) is 4.16. The Kier molecular flexibility index (Phi) is 7.94. The SMILES string of the molecule is CCOc1ccc(/C=C(/C(=O)Nc2ccc(CN3CCCCC3)cc2)c2ccccc2)cc1. The zero-order chi connectivity index (χ0) is 22.9. The van der Waals surface area contributed by atoms with Crippen molar-refractivity contribution in [1.29, 1.82) is 0 Å². The van der Waals surface area contributed by atoms with Crippen LogP contribution in [0, 0.1) is 0 Å². The first-order chi connectivity index (χ1) is 16.2. The average Bonchev–Trinajstić information content (AvgIpc) is 2.86. The van der Waals surface area contributed by atoms with E-state index in [4.69, 9.17) is 4.74 Å². The molecule has 1 N–H and O–H groups in total. The Bertz CT molecular complexity index is 1050. The van der Waals surface area contributed by atoms with Crippen LogP contribution in [-0.4, -0.2) is 30.5 Å². The first kappa shape index (κ1) is 22.8. The van der Waals surface area contributed by atoms with Crippen LogP contribution in [-0.2, 0) is 11.3 Å². The molecular weight excluding hydrogens is 408 g/mol. The van der Waals surface area contributed by atoms with Gasteiger partial charge in [-0.2, -0.15) is 0 Å². The number of ether oxygens (including phenoxy) is 1. The predicted octanol–water partition coefficient (Wildman–Crippen LogP) is 6.25. The molecule has 1 fully saturated rings. The zero-order valence-corrected chi connectivity index (χ0v) is 19.3. The summed E-state index contributed by atoms with van der Waals surface area (Å²) in [5, 5.41) is 3.08. The molecule has 1 heterocycles. The topological polar surface area (TPSA) is 41.6 Å². The van der Waals surface area contributed by atoms with Gasteiger partial charge in [0.05, 0.1) is 6.61 Å². The third-order valence-electron chi connectivity index (χ3n) is 5.90. The van der Waals surface area contributed by atoms with Crippen LogP contribution in [0.15, 0.2) is 78.9 Å². The molecule has 1 saturated heterocycles. The van der Waals surface area contributed by atoms with Gasteiger partial charge in [-0.3, -0.25) is 9.69 Å². The Labute approximate surface area is 196 Å². The Morgan fingerprint density at radius 2 is 1.61 bits per heavy atom. The normalized spacial score (nSPS) is 14.6. The van der Waals surface area contributed by atoms with E-state index in [2.05, 4.69) is 22.3 Å². The molecule has 3 aromatic rings. The average molecular weight is 441 g/mol. The van der Waals surface area contributed by atoms with Crippen molar-refractivity contribution in [3.63, 3.8) is 0 Å². The number of hydrogen-bond acceptors (Lipinski definition) is 3. The van der Waals surface area contributed by atoms with Gasteiger partial charge in [0.15, 0.2) is 0 Å². The smallest absolute Gasteiger partial charge is 0.256 e. The Hall–Kier alpha value is -3.37. The van der Waals surface area contributed by atoms with Crippen molar-refractivity contribution in [2.24, 2.45) is 0 Å². The molecular formula is C29H32N2O2. The molecule has 0 saturated carbocycles. The minimum Gasteiger partial charge on any atom is -0.494 e. The standard InChI is InChI=1S/C29H32N2O2/c1-2-33-27-17-13-23(14-18-27)21-28(25-9-5-3-6-10-25)29(32)30-26-15-11-24(12-16-26)22-31-19-7-4-8-20-31/h3,5-6,9-18,21H,2,4,7-8,19-20,22H2,1H3,(H,30,32)/b28-21+. The summed E-state index contributed by atoms with van der Waals surface area (Å²) in [4.78, 5) is 15.8. The van der Waals surface area contributed by atoms with Crippen LogP contribution in [0.1, 0.15) is 42.9 Å². The molecule has 170 valence electrons. The highest BCUT2D eigenvalue weighted by molar-refractivity contribution is 6.29. The van der Waals surface area contributed by atoms with E-state index in [9.17, 15) is 4.79 Å². The van der Waals surface area contributed by atoms with Crippen LogP contribution < -0.4 is 10.1 Å². The lowest BCUT2D eigenvalue weighted by molar-refractivity contribution is -0.111. The maximum absolute atomic E-state index is 13.3. The van der Waals surface area contributed by atoms with Crippen LogP contribution in [0.4, 0.5) is 5.69 Å². The van der Waals surface area contributed by atoms with Crippen LogP contribution in [0.2, 0.25) is 0 Å². The molecule has 33 heavy (non-hydrogen) atoms. The molecule has 4 heteroatoms. The summed E-state index contributed by atoms with van der Waals surface area (Å²) in [6.45, 7) is 5.92. The van der Waals surface area contributed by atoms with Gasteiger partial charge in [0.25, 0.3) is 5.91 Å². The molecule has 0 atom stereocenters. The van der Waals surface area contributed by atoms with E-state index in [1.165, 1.54) is 37.9 Å². The fraction of sp³-hybridized carbons (Fsp3) is 0.276. The Morgan fingerprint density at radius 1 is 0.909 bits per heavy atom. The molecule has 0 aromatic heterocycles. The van der Waals surface area contributed by atoms with Crippen molar-refractivity contribution >= 4 is 23.2 Å². The van der Waals surface area contributed by atoms with Crippen molar-refractivity contribution in [2.75, 3.05) is 25.0 Å². The molecule has 4 rings (SSSR count). The van der Waals surface area contributed by atoms with E-state index < -0.39 is 0 Å². The second-order valence-corrected chi connectivity index (χ2v) is 8.41. The number of benzene rings is 3. The number of nitrogens with one attached hydrogen (secondary N) is 1. The van der Waals surface area contributed by atoms with E-state index in [1.807, 2.05) is 79.7 Å². The number of hydrogen-bond donors (Lipinski definition) is 1. The molecule has 0 spiro atoms. The maximum Gasteiger partial charge on any atom is 0.256 e. The first-order valence-corrected chi connectivity index (χ1v) is 11.8. The lowest BCUT2D eigenvalue weighted by atomic mass is 10.0. The van der Waals surface area contributed by atoms with Gasteiger partial charge in [-0.05, 0) is 79.9 Å². The predicted molar refractivity (Wildman–Crippen MR) is 136 cm³/mol. The molecule has 1 amide bonds. The second kappa shape index (κ2) is 11.5. The Balaban J connectivity index is 1.49. The third kappa shape index (κ3) is 6.56. The van der Waals surface area contributed by atoms with Crippen molar-refractivity contribution < 1.29 is 9.53 Å². The highest BCUT2D eigenvalue weighted by Crippen LogP contribution is 2.23. The molecule has 0 bridgehead atoms. The minimum absolute atomic E-state index is 0.126. The number of nitrogens with zero attached hydrogens (tertiary/aromatic N) is 1. The maximum atomic E-state index is 13.3. The zero-order valence-electron chi connectivity index (χ0n) is 19.3. The van der Waals surface area contributed by atoms with Crippen molar-refractivity contribution in [1.82, 2.24) is 4.90 Å². The van der Waals surface area contributed by atoms with Gasteiger partial charge in [-0.1, -0.05) is 61.0 Å². The summed E-state index contributed by atoms with van der Waals surface area (Å²) in [6.07, 6.45) is 5.84. The largest absolute Gasteiger partial charge is 0.494 e. The quantitative estimate of drug-likeness (QED) is 0.332. The van der Waals surface area contributed by atoms with Gasteiger partial charge in [0.1, 0.15) is 5.75 Å². The molecule has 0 unspecified atom stereocenters. The molecule has 4 nitrogen and oxygen atoms in total. The van der Waals surface area contributed by atoms with Crippen molar-refractivity contribution in [3.05, 3.63) is 95.6 Å². The lowest BCUT2D eigenvalue weighted by Gasteiger charge is -2.26. The highest BCUT2D eigenvalue weighted by atomic mass is 16.5. The molecule has 3 aromatic carbocycles. The second-order valence-electron chi connectivity index (χ2n) is 8.41. The van der Waals surface area contributed by atoms with E-state index >= 15 is 0 Å². The minimum atomic E-state index is -0.126. The number of amides is 1.